The van der Waals surface area contributed by atoms with Crippen LogP contribution >= 0.6 is 27.3 Å². The minimum Gasteiger partial charge on any atom is -0.496 e. The molecule has 0 fully saturated rings. The van der Waals surface area contributed by atoms with Crippen molar-refractivity contribution in [2.75, 3.05) is 7.11 Å². The van der Waals surface area contributed by atoms with Crippen LogP contribution < -0.4 is 4.74 Å². The summed E-state index contributed by atoms with van der Waals surface area (Å²) in [5.74, 6) is 0.759. The number of thiophene rings is 1. The third kappa shape index (κ3) is 2.32. The normalized spacial score (nSPS) is 12.5. The molecule has 2 aromatic rings. The van der Waals surface area contributed by atoms with Gasteiger partial charge in [0.2, 0.25) is 0 Å². The predicted octanol–water partition coefficient (Wildman–Crippen LogP) is 4.22. The molecule has 2 rings (SSSR count). The highest BCUT2D eigenvalue weighted by Gasteiger charge is 2.21. The second-order valence-electron chi connectivity index (χ2n) is 4.21. The van der Waals surface area contributed by atoms with Crippen molar-refractivity contribution in [3.05, 3.63) is 49.6 Å². The number of hydrogen-bond donors (Lipinski definition) is 1. The first-order valence-corrected chi connectivity index (χ1v) is 7.33. The first-order chi connectivity index (χ1) is 8.56. The molecule has 0 aliphatic heterocycles. The van der Waals surface area contributed by atoms with Gasteiger partial charge in [-0.2, -0.15) is 11.3 Å². The fourth-order valence-corrected chi connectivity index (χ4v) is 3.31. The van der Waals surface area contributed by atoms with E-state index in [4.69, 9.17) is 4.74 Å². The Balaban J connectivity index is 2.62. The van der Waals surface area contributed by atoms with Gasteiger partial charge < -0.3 is 9.84 Å². The number of halogens is 1. The molecule has 1 heterocycles. The van der Waals surface area contributed by atoms with E-state index in [1.54, 1.807) is 18.4 Å². The number of aryl methyl sites for hydroxylation is 1. The maximum absolute atomic E-state index is 10.5. The predicted molar refractivity (Wildman–Crippen MR) is 78.5 cm³/mol. The number of ether oxygens (including phenoxy) is 1. The monoisotopic (exact) mass is 326 g/mol. The fraction of sp³-hybridized carbons (Fsp3) is 0.286. The summed E-state index contributed by atoms with van der Waals surface area (Å²) in [7, 11) is 1.64. The van der Waals surface area contributed by atoms with Crippen LogP contribution in [-0.2, 0) is 0 Å². The van der Waals surface area contributed by atoms with Crippen LogP contribution in [0.3, 0.4) is 0 Å². The molecule has 1 aromatic carbocycles. The smallest absolute Gasteiger partial charge is 0.128 e. The zero-order valence-electron chi connectivity index (χ0n) is 10.5. The van der Waals surface area contributed by atoms with E-state index in [2.05, 4.69) is 15.9 Å². The lowest BCUT2D eigenvalue weighted by molar-refractivity contribution is 0.214. The second kappa shape index (κ2) is 5.43. The van der Waals surface area contributed by atoms with Crippen LogP contribution in [0, 0.1) is 13.8 Å². The molecule has 0 saturated carbocycles. The number of aliphatic hydroxyl groups is 1. The molecule has 0 radical (unpaired) electrons. The van der Waals surface area contributed by atoms with E-state index in [1.807, 2.05) is 36.7 Å². The van der Waals surface area contributed by atoms with Crippen LogP contribution in [0.15, 0.2) is 27.4 Å². The first kappa shape index (κ1) is 13.6. The van der Waals surface area contributed by atoms with Gasteiger partial charge in [0.25, 0.3) is 0 Å². The molecule has 0 aliphatic carbocycles. The first-order valence-electron chi connectivity index (χ1n) is 5.60. The average molecular weight is 327 g/mol. The molecule has 1 N–H and O–H groups in total. The maximum atomic E-state index is 10.5. The lowest BCUT2D eigenvalue weighted by Crippen LogP contribution is -2.06. The minimum absolute atomic E-state index is 0.651. The van der Waals surface area contributed by atoms with Gasteiger partial charge in [-0.1, -0.05) is 15.9 Å². The Morgan fingerprint density at radius 1 is 1.39 bits per heavy atom. The minimum atomic E-state index is -0.651. The van der Waals surface area contributed by atoms with E-state index in [-0.39, 0.29) is 0 Å². The molecule has 18 heavy (non-hydrogen) atoms. The summed E-state index contributed by atoms with van der Waals surface area (Å²) in [6.45, 7) is 3.96. The number of benzene rings is 1. The van der Waals surface area contributed by atoms with E-state index >= 15 is 0 Å². The largest absolute Gasteiger partial charge is 0.496 e. The summed E-state index contributed by atoms with van der Waals surface area (Å²) in [6, 6.07) is 3.95. The van der Waals surface area contributed by atoms with Gasteiger partial charge in [-0.05, 0) is 53.4 Å². The van der Waals surface area contributed by atoms with E-state index in [1.165, 1.54) is 0 Å². The number of hydrogen-bond acceptors (Lipinski definition) is 3. The third-order valence-electron chi connectivity index (χ3n) is 3.04. The molecule has 0 spiro atoms. The molecule has 0 amide bonds. The zero-order valence-corrected chi connectivity index (χ0v) is 12.9. The number of rotatable bonds is 3. The van der Waals surface area contributed by atoms with Crippen molar-refractivity contribution in [2.24, 2.45) is 0 Å². The molecular formula is C14H15BrO2S. The molecule has 1 aromatic heterocycles. The summed E-state index contributed by atoms with van der Waals surface area (Å²) in [6.07, 6.45) is -0.651. The molecule has 2 nitrogen and oxygen atoms in total. The summed E-state index contributed by atoms with van der Waals surface area (Å²) in [5, 5.41) is 14.4. The summed E-state index contributed by atoms with van der Waals surface area (Å²) >= 11 is 5.11. The van der Waals surface area contributed by atoms with E-state index in [0.29, 0.717) is 0 Å². The quantitative estimate of drug-likeness (QED) is 0.915. The topological polar surface area (TPSA) is 29.5 Å². The Labute approximate surface area is 119 Å². The fourth-order valence-electron chi connectivity index (χ4n) is 2.07. The highest BCUT2D eigenvalue weighted by Crippen LogP contribution is 2.39. The Hall–Kier alpha value is -0.840. The second-order valence-corrected chi connectivity index (χ2v) is 5.84. The van der Waals surface area contributed by atoms with E-state index in [0.717, 1.165) is 32.5 Å². The van der Waals surface area contributed by atoms with Gasteiger partial charge in [0.05, 0.1) is 7.11 Å². The molecular weight excluding hydrogens is 312 g/mol. The van der Waals surface area contributed by atoms with Crippen LogP contribution in [0.5, 0.6) is 5.75 Å². The summed E-state index contributed by atoms with van der Waals surface area (Å²) < 4.78 is 6.44. The summed E-state index contributed by atoms with van der Waals surface area (Å²) in [5.41, 5.74) is 3.76. The lowest BCUT2D eigenvalue weighted by Gasteiger charge is -2.20. The lowest BCUT2D eigenvalue weighted by atomic mass is 9.96. The van der Waals surface area contributed by atoms with E-state index in [9.17, 15) is 5.11 Å². The van der Waals surface area contributed by atoms with Crippen molar-refractivity contribution in [1.29, 1.82) is 0 Å². The van der Waals surface area contributed by atoms with Crippen LogP contribution in [0.2, 0.25) is 0 Å². The van der Waals surface area contributed by atoms with Crippen LogP contribution in [0.25, 0.3) is 0 Å². The highest BCUT2D eigenvalue weighted by molar-refractivity contribution is 9.10. The standard InChI is InChI=1S/C14H15BrO2S/c1-8-6-11(15)9(2)12(14(8)17-3)13(16)10-4-5-18-7-10/h4-7,13,16H,1-3H3. The number of methoxy groups -OCH3 is 1. The van der Waals surface area contributed by atoms with Gasteiger partial charge in [-0.25, -0.2) is 0 Å². The zero-order chi connectivity index (χ0) is 13.3. The van der Waals surface area contributed by atoms with Gasteiger partial charge in [0, 0.05) is 10.0 Å². The molecule has 0 bridgehead atoms. The van der Waals surface area contributed by atoms with Crippen molar-refractivity contribution < 1.29 is 9.84 Å². The van der Waals surface area contributed by atoms with Crippen molar-refractivity contribution >= 4 is 27.3 Å². The van der Waals surface area contributed by atoms with E-state index < -0.39 is 6.10 Å². The van der Waals surface area contributed by atoms with Crippen molar-refractivity contribution in [3.63, 3.8) is 0 Å². The van der Waals surface area contributed by atoms with Gasteiger partial charge >= 0.3 is 0 Å². The van der Waals surface area contributed by atoms with Crippen molar-refractivity contribution in [3.8, 4) is 5.75 Å². The molecule has 96 valence electrons. The molecule has 4 heteroatoms. The van der Waals surface area contributed by atoms with Gasteiger partial charge in [-0.15, -0.1) is 0 Å². The Morgan fingerprint density at radius 3 is 2.67 bits per heavy atom. The highest BCUT2D eigenvalue weighted by atomic mass is 79.9. The molecule has 1 atom stereocenters. The van der Waals surface area contributed by atoms with Crippen molar-refractivity contribution in [2.45, 2.75) is 20.0 Å². The maximum Gasteiger partial charge on any atom is 0.128 e. The van der Waals surface area contributed by atoms with Gasteiger partial charge in [0.15, 0.2) is 0 Å². The van der Waals surface area contributed by atoms with Crippen LogP contribution in [0.1, 0.15) is 28.4 Å². The Morgan fingerprint density at radius 2 is 2.11 bits per heavy atom. The number of aliphatic hydroxyl groups excluding tert-OH is 1. The van der Waals surface area contributed by atoms with Crippen LogP contribution in [0.4, 0.5) is 0 Å². The SMILES string of the molecule is COc1c(C)cc(Br)c(C)c1C(O)c1ccsc1. The summed E-state index contributed by atoms with van der Waals surface area (Å²) in [4.78, 5) is 0. The van der Waals surface area contributed by atoms with Crippen LogP contribution in [-0.4, -0.2) is 12.2 Å². The van der Waals surface area contributed by atoms with Crippen molar-refractivity contribution in [1.82, 2.24) is 0 Å². The molecule has 1 unspecified atom stereocenters. The molecule has 0 aliphatic rings. The average Bonchev–Trinajstić information content (AvgIpc) is 2.86. The third-order valence-corrected chi connectivity index (χ3v) is 4.57. The van der Waals surface area contributed by atoms with Gasteiger partial charge in [0.1, 0.15) is 11.9 Å². The Kier molecular flexibility index (Phi) is 4.10. The van der Waals surface area contributed by atoms with Gasteiger partial charge in [-0.3, -0.25) is 0 Å². The molecule has 0 saturated heterocycles. The Bertz CT molecular complexity index is 549.